The molecule has 0 saturated heterocycles. The van der Waals surface area contributed by atoms with Crippen molar-refractivity contribution in [2.45, 2.75) is 29.6 Å². The first-order valence-electron chi connectivity index (χ1n) is 8.02. The molecular weight excluding hydrogens is 379 g/mol. The van der Waals surface area contributed by atoms with E-state index in [1.165, 1.54) is 47.8 Å². The van der Waals surface area contributed by atoms with E-state index in [-0.39, 0.29) is 10.6 Å². The third-order valence-electron chi connectivity index (χ3n) is 3.77. The SMILES string of the molecule is CCCCN(C)S(=O)(=O)c1ccc(NS(=O)(=O)c2ccccc2F)cc1. The molecule has 0 aromatic heterocycles. The second-order valence-corrected chi connectivity index (χ2v) is 9.44. The lowest BCUT2D eigenvalue weighted by Gasteiger charge is -2.17. The summed E-state index contributed by atoms with van der Waals surface area (Å²) in [6, 6.07) is 10.3. The van der Waals surface area contributed by atoms with E-state index < -0.39 is 30.8 Å². The Balaban J connectivity index is 2.21. The molecule has 0 spiro atoms. The predicted molar refractivity (Wildman–Crippen MR) is 98.4 cm³/mol. The van der Waals surface area contributed by atoms with Crippen molar-refractivity contribution in [3.05, 3.63) is 54.3 Å². The number of hydrogen-bond donors (Lipinski definition) is 1. The van der Waals surface area contributed by atoms with Gasteiger partial charge in [0.25, 0.3) is 10.0 Å². The molecular formula is C17H21FN2O4S2. The first-order chi connectivity index (χ1) is 12.2. The summed E-state index contributed by atoms with van der Waals surface area (Å²) in [7, 11) is -6.24. The van der Waals surface area contributed by atoms with Crippen molar-refractivity contribution in [2.24, 2.45) is 0 Å². The highest BCUT2D eigenvalue weighted by atomic mass is 32.2. The largest absolute Gasteiger partial charge is 0.280 e. The van der Waals surface area contributed by atoms with E-state index in [0.717, 1.165) is 25.0 Å². The molecule has 0 fully saturated rings. The monoisotopic (exact) mass is 400 g/mol. The molecule has 0 heterocycles. The summed E-state index contributed by atoms with van der Waals surface area (Å²) in [4.78, 5) is -0.416. The fourth-order valence-electron chi connectivity index (χ4n) is 2.25. The Morgan fingerprint density at radius 3 is 2.19 bits per heavy atom. The van der Waals surface area contributed by atoms with Gasteiger partial charge in [0.1, 0.15) is 10.7 Å². The third kappa shape index (κ3) is 4.60. The number of nitrogens with one attached hydrogen (secondary N) is 1. The molecule has 0 radical (unpaired) electrons. The number of halogens is 1. The molecule has 0 amide bonds. The van der Waals surface area contributed by atoms with Gasteiger partial charge in [-0.3, -0.25) is 4.72 Å². The van der Waals surface area contributed by atoms with Gasteiger partial charge in [0.05, 0.1) is 4.90 Å². The van der Waals surface area contributed by atoms with E-state index in [1.54, 1.807) is 0 Å². The molecule has 2 aromatic carbocycles. The first kappa shape index (κ1) is 20.3. The van der Waals surface area contributed by atoms with E-state index in [0.29, 0.717) is 6.54 Å². The highest BCUT2D eigenvalue weighted by Gasteiger charge is 2.21. The van der Waals surface area contributed by atoms with Gasteiger partial charge < -0.3 is 0 Å². The minimum Gasteiger partial charge on any atom is -0.280 e. The zero-order valence-corrected chi connectivity index (χ0v) is 16.1. The van der Waals surface area contributed by atoms with Crippen molar-refractivity contribution in [1.82, 2.24) is 4.31 Å². The third-order valence-corrected chi connectivity index (χ3v) is 7.05. The van der Waals surface area contributed by atoms with Crippen molar-refractivity contribution in [2.75, 3.05) is 18.3 Å². The van der Waals surface area contributed by atoms with Crippen LogP contribution in [0.5, 0.6) is 0 Å². The van der Waals surface area contributed by atoms with Crippen LogP contribution < -0.4 is 4.72 Å². The van der Waals surface area contributed by atoms with Crippen LogP contribution in [0.15, 0.2) is 58.3 Å². The Hall–Kier alpha value is -1.97. The van der Waals surface area contributed by atoms with Crippen molar-refractivity contribution in [3.8, 4) is 0 Å². The standard InChI is InChI=1S/C17H21FN2O4S2/c1-3-4-13-20(2)26(23,24)15-11-9-14(10-12-15)19-25(21,22)17-8-6-5-7-16(17)18/h5-12,19H,3-4,13H2,1-2H3. The molecule has 0 saturated carbocycles. The number of nitrogens with zero attached hydrogens (tertiary/aromatic N) is 1. The van der Waals surface area contributed by atoms with Gasteiger partial charge in [-0.2, -0.15) is 0 Å². The number of anilines is 1. The van der Waals surface area contributed by atoms with Crippen LogP contribution >= 0.6 is 0 Å². The summed E-state index contributed by atoms with van der Waals surface area (Å²) in [5.74, 6) is -0.864. The molecule has 9 heteroatoms. The first-order valence-corrected chi connectivity index (χ1v) is 10.9. The topological polar surface area (TPSA) is 83.6 Å². The molecule has 2 rings (SSSR count). The van der Waals surface area contributed by atoms with E-state index >= 15 is 0 Å². The van der Waals surface area contributed by atoms with Gasteiger partial charge in [-0.15, -0.1) is 0 Å². The smallest absolute Gasteiger partial charge is 0.264 e. The normalized spacial score (nSPS) is 12.3. The van der Waals surface area contributed by atoms with Gasteiger partial charge in [-0.05, 0) is 42.8 Å². The lowest BCUT2D eigenvalue weighted by Crippen LogP contribution is -2.27. The molecule has 142 valence electrons. The Bertz CT molecular complexity index is 959. The predicted octanol–water partition coefficient (Wildman–Crippen LogP) is 3.05. The Morgan fingerprint density at radius 1 is 1.00 bits per heavy atom. The highest BCUT2D eigenvalue weighted by molar-refractivity contribution is 7.92. The summed E-state index contributed by atoms with van der Waals surface area (Å²) >= 11 is 0. The maximum Gasteiger partial charge on any atom is 0.264 e. The number of unbranched alkanes of at least 4 members (excludes halogenated alkanes) is 1. The van der Waals surface area contributed by atoms with Gasteiger partial charge in [0, 0.05) is 19.3 Å². The van der Waals surface area contributed by atoms with Crippen LogP contribution in [0.2, 0.25) is 0 Å². The van der Waals surface area contributed by atoms with Crippen molar-refractivity contribution < 1.29 is 21.2 Å². The second kappa shape index (κ2) is 8.15. The molecule has 0 aliphatic carbocycles. The molecule has 0 bridgehead atoms. The van der Waals surface area contributed by atoms with Gasteiger partial charge in [0.2, 0.25) is 10.0 Å². The average Bonchev–Trinajstić information content (AvgIpc) is 2.60. The molecule has 0 atom stereocenters. The van der Waals surface area contributed by atoms with Crippen LogP contribution in [0, 0.1) is 5.82 Å². The van der Waals surface area contributed by atoms with E-state index in [4.69, 9.17) is 0 Å². The van der Waals surface area contributed by atoms with Crippen LogP contribution in [0.25, 0.3) is 0 Å². The molecule has 6 nitrogen and oxygen atoms in total. The molecule has 1 N–H and O–H groups in total. The van der Waals surface area contributed by atoms with Gasteiger partial charge in [-0.1, -0.05) is 25.5 Å². The lowest BCUT2D eigenvalue weighted by atomic mass is 10.3. The zero-order chi connectivity index (χ0) is 19.4. The van der Waals surface area contributed by atoms with Crippen LogP contribution in [0.1, 0.15) is 19.8 Å². The maximum absolute atomic E-state index is 13.7. The number of hydrogen-bond acceptors (Lipinski definition) is 4. The van der Waals surface area contributed by atoms with Crippen molar-refractivity contribution in [1.29, 1.82) is 0 Å². The second-order valence-electron chi connectivity index (χ2n) is 5.74. The fourth-order valence-corrected chi connectivity index (χ4v) is 4.60. The molecule has 0 aliphatic rings. The van der Waals surface area contributed by atoms with Crippen molar-refractivity contribution >= 4 is 25.7 Å². The highest BCUT2D eigenvalue weighted by Crippen LogP contribution is 2.21. The summed E-state index contributed by atoms with van der Waals surface area (Å²) in [6.45, 7) is 2.37. The van der Waals surface area contributed by atoms with Gasteiger partial charge in [-0.25, -0.2) is 25.5 Å². The quantitative estimate of drug-likeness (QED) is 0.738. The van der Waals surface area contributed by atoms with Crippen LogP contribution in [-0.2, 0) is 20.0 Å². The van der Waals surface area contributed by atoms with Crippen LogP contribution in [0.3, 0.4) is 0 Å². The van der Waals surface area contributed by atoms with E-state index in [2.05, 4.69) is 4.72 Å². The lowest BCUT2D eigenvalue weighted by molar-refractivity contribution is 0.459. The fraction of sp³-hybridized carbons (Fsp3) is 0.294. The van der Waals surface area contributed by atoms with Crippen LogP contribution in [0.4, 0.5) is 10.1 Å². The summed E-state index contributed by atoms with van der Waals surface area (Å²) in [5.41, 5.74) is 0.142. The van der Waals surface area contributed by atoms with Gasteiger partial charge >= 0.3 is 0 Å². The zero-order valence-electron chi connectivity index (χ0n) is 14.5. The Labute approximate surface area is 153 Å². The summed E-state index contributed by atoms with van der Waals surface area (Å²) < 4.78 is 66.6. The number of benzene rings is 2. The minimum atomic E-state index is -4.11. The number of rotatable bonds is 8. The Morgan fingerprint density at radius 2 is 1.62 bits per heavy atom. The Kier molecular flexibility index (Phi) is 6.38. The van der Waals surface area contributed by atoms with Crippen molar-refractivity contribution in [3.63, 3.8) is 0 Å². The summed E-state index contributed by atoms with van der Waals surface area (Å²) in [5, 5.41) is 0. The minimum absolute atomic E-state index is 0.0601. The van der Waals surface area contributed by atoms with Crippen LogP contribution in [-0.4, -0.2) is 34.7 Å². The maximum atomic E-state index is 13.7. The molecule has 26 heavy (non-hydrogen) atoms. The molecule has 0 aliphatic heterocycles. The van der Waals surface area contributed by atoms with E-state index in [1.807, 2.05) is 6.92 Å². The number of sulfonamides is 2. The van der Waals surface area contributed by atoms with E-state index in [9.17, 15) is 21.2 Å². The average molecular weight is 400 g/mol. The van der Waals surface area contributed by atoms with Gasteiger partial charge in [0.15, 0.2) is 0 Å². The molecule has 2 aromatic rings. The summed E-state index contributed by atoms with van der Waals surface area (Å²) in [6.07, 6.45) is 1.62. The molecule has 0 unspecified atom stereocenters.